The van der Waals surface area contributed by atoms with Gasteiger partial charge in [0.15, 0.2) is 6.29 Å². The van der Waals surface area contributed by atoms with Crippen LogP contribution in [-0.2, 0) is 14.3 Å². The molecule has 1 fully saturated rings. The maximum Gasteiger partial charge on any atom is 0.220 e. The molecule has 1 amide bonds. The number of carbonyl (C=O) groups is 1. The molecule has 9 nitrogen and oxygen atoms in total. The van der Waals surface area contributed by atoms with E-state index in [4.69, 9.17) is 9.47 Å². The summed E-state index contributed by atoms with van der Waals surface area (Å²) in [4.78, 5) is 13.1. The lowest BCUT2D eigenvalue weighted by Gasteiger charge is -2.40. The van der Waals surface area contributed by atoms with Gasteiger partial charge < -0.3 is 40.3 Å². The molecule has 0 bridgehead atoms. The van der Waals surface area contributed by atoms with E-state index in [1.165, 1.54) is 186 Å². The number of ether oxygens (including phenoxy) is 2. The summed E-state index contributed by atoms with van der Waals surface area (Å²) in [7, 11) is 0. The van der Waals surface area contributed by atoms with Crippen LogP contribution in [0.2, 0.25) is 0 Å². The zero-order valence-corrected chi connectivity index (χ0v) is 52.7. The van der Waals surface area contributed by atoms with Gasteiger partial charge in [0, 0.05) is 6.42 Å². The van der Waals surface area contributed by atoms with E-state index in [1.807, 2.05) is 6.08 Å². The van der Waals surface area contributed by atoms with Gasteiger partial charge in [0.25, 0.3) is 0 Å². The molecule has 0 aromatic carbocycles. The third-order valence-electron chi connectivity index (χ3n) is 15.6. The van der Waals surface area contributed by atoms with Gasteiger partial charge in [-0.2, -0.15) is 0 Å². The van der Waals surface area contributed by atoms with Gasteiger partial charge in [-0.3, -0.25) is 4.79 Å². The lowest BCUT2D eigenvalue weighted by atomic mass is 9.99. The topological polar surface area (TPSA) is 149 Å². The Hall–Kier alpha value is -3.15. The van der Waals surface area contributed by atoms with Crippen molar-refractivity contribution in [2.45, 2.75) is 333 Å². The highest BCUT2D eigenvalue weighted by atomic mass is 16.7. The molecule has 9 heteroatoms. The van der Waals surface area contributed by atoms with Crippen molar-refractivity contribution in [2.24, 2.45) is 0 Å². The van der Waals surface area contributed by atoms with Gasteiger partial charge >= 0.3 is 0 Å². The first-order chi connectivity index (χ1) is 40.3. The van der Waals surface area contributed by atoms with Crippen LogP contribution in [0.4, 0.5) is 0 Å². The number of hydrogen-bond acceptors (Lipinski definition) is 8. The number of unbranched alkanes of at least 4 members (excludes halogenated alkanes) is 32. The van der Waals surface area contributed by atoms with E-state index in [1.54, 1.807) is 6.08 Å². The van der Waals surface area contributed by atoms with Crippen molar-refractivity contribution >= 4 is 5.91 Å². The van der Waals surface area contributed by atoms with Gasteiger partial charge in [-0.15, -0.1) is 0 Å². The third-order valence-corrected chi connectivity index (χ3v) is 15.6. The molecule has 0 spiro atoms. The molecule has 0 aromatic rings. The molecule has 1 aliphatic rings. The Morgan fingerprint density at radius 3 is 1.17 bits per heavy atom. The molecule has 0 aromatic heterocycles. The van der Waals surface area contributed by atoms with E-state index in [0.717, 1.165) is 83.5 Å². The summed E-state index contributed by atoms with van der Waals surface area (Å²) in [6.07, 6.45) is 83.3. The minimum Gasteiger partial charge on any atom is -0.394 e. The predicted octanol–water partition coefficient (Wildman–Crippen LogP) is 18.5. The zero-order valence-electron chi connectivity index (χ0n) is 52.7. The Kier molecular flexibility index (Phi) is 57.1. The second kappa shape index (κ2) is 61.0. The van der Waals surface area contributed by atoms with Crippen LogP contribution in [0.1, 0.15) is 290 Å². The van der Waals surface area contributed by atoms with Crippen LogP contribution in [0.3, 0.4) is 0 Å². The van der Waals surface area contributed by atoms with Crippen LogP contribution in [0.15, 0.2) is 109 Å². The summed E-state index contributed by atoms with van der Waals surface area (Å²) in [5.74, 6) is -0.195. The molecule has 7 atom stereocenters. The Morgan fingerprint density at radius 1 is 0.427 bits per heavy atom. The lowest BCUT2D eigenvalue weighted by Crippen LogP contribution is -2.60. The smallest absolute Gasteiger partial charge is 0.220 e. The molecule has 7 unspecified atom stereocenters. The molecule has 1 saturated heterocycles. The van der Waals surface area contributed by atoms with Crippen molar-refractivity contribution in [3.8, 4) is 0 Å². The summed E-state index contributed by atoms with van der Waals surface area (Å²) in [6, 6.07) is -0.838. The largest absolute Gasteiger partial charge is 0.394 e. The van der Waals surface area contributed by atoms with Crippen LogP contribution in [0.25, 0.3) is 0 Å². The van der Waals surface area contributed by atoms with Gasteiger partial charge in [-0.25, -0.2) is 0 Å². The Balaban J connectivity index is 2.20. The molecule has 6 N–H and O–H groups in total. The normalized spacial score (nSPS) is 19.0. The van der Waals surface area contributed by atoms with Crippen molar-refractivity contribution < 1.29 is 39.8 Å². The van der Waals surface area contributed by atoms with Crippen LogP contribution in [0, 0.1) is 0 Å². The SMILES string of the molecule is CC/C=C\C/C=C\C/C=C\C/C=C\C/C=C\C/C=C\CCCCCCCCCCCCCCC(=O)NC(COC1OC(CO)C(O)C(O)C1O)C(O)/C=C/CC/C=C/CC/C=C/CCCCCCCCCCCCCCCCCCCC. The van der Waals surface area contributed by atoms with E-state index >= 15 is 0 Å². The molecular weight excluding hydrogens is 1020 g/mol. The molecule has 0 aliphatic carbocycles. The summed E-state index contributed by atoms with van der Waals surface area (Å²) in [5, 5.41) is 54.7. The van der Waals surface area contributed by atoms with Crippen molar-refractivity contribution in [2.75, 3.05) is 13.2 Å². The van der Waals surface area contributed by atoms with Crippen LogP contribution < -0.4 is 5.32 Å². The Labute approximate surface area is 504 Å². The highest BCUT2D eigenvalue weighted by molar-refractivity contribution is 5.76. The van der Waals surface area contributed by atoms with Gasteiger partial charge in [-0.1, -0.05) is 297 Å². The van der Waals surface area contributed by atoms with Crippen molar-refractivity contribution in [1.29, 1.82) is 0 Å². The number of hydrogen-bond donors (Lipinski definition) is 6. The molecule has 0 radical (unpaired) electrons. The first-order valence-electron chi connectivity index (χ1n) is 34.1. The van der Waals surface area contributed by atoms with Gasteiger partial charge in [0.05, 0.1) is 25.4 Å². The van der Waals surface area contributed by atoms with Crippen molar-refractivity contribution in [3.05, 3.63) is 109 Å². The Morgan fingerprint density at radius 2 is 0.768 bits per heavy atom. The van der Waals surface area contributed by atoms with E-state index in [9.17, 15) is 30.3 Å². The van der Waals surface area contributed by atoms with Gasteiger partial charge in [0.2, 0.25) is 5.91 Å². The second-order valence-electron chi connectivity index (χ2n) is 23.2. The molecule has 82 heavy (non-hydrogen) atoms. The maximum atomic E-state index is 13.1. The zero-order chi connectivity index (χ0) is 59.3. The fourth-order valence-corrected chi connectivity index (χ4v) is 10.3. The standard InChI is InChI=1S/C73H127NO8/c1-3-5-7-9-11-13-15-17-19-21-23-25-27-29-31-33-34-35-37-39-41-43-45-47-49-51-53-55-57-59-61-63-69(77)74-66(65-81-73-72(80)71(79)70(78)68(64-75)82-73)67(76)62-60-58-56-54-52-50-48-46-44-42-40-38-36-32-30-28-26-24-22-20-18-16-14-12-10-8-6-4-2/h5,7,11,13,17,19,23,25,29,31,34-35,44,46,52,54,60,62,66-68,70-73,75-76,78-80H,3-4,6,8-10,12,14-16,18,20-22,24,26-28,30,32-33,36-43,45,47-51,53,55-59,61,63-65H2,1-2H3,(H,74,77)/b7-5-,13-11-,19-17-,25-23-,31-29-,35-34-,46-44+,54-52+,62-60+. The molecule has 472 valence electrons. The van der Waals surface area contributed by atoms with Crippen molar-refractivity contribution in [1.82, 2.24) is 5.32 Å². The first-order valence-corrected chi connectivity index (χ1v) is 34.1. The highest BCUT2D eigenvalue weighted by Crippen LogP contribution is 2.23. The number of carbonyl (C=O) groups excluding carboxylic acids is 1. The first kappa shape index (κ1) is 76.9. The van der Waals surface area contributed by atoms with Gasteiger partial charge in [-0.05, 0) is 96.3 Å². The number of aliphatic hydroxyl groups is 5. The Bertz CT molecular complexity index is 1660. The molecule has 0 saturated carbocycles. The highest BCUT2D eigenvalue weighted by Gasteiger charge is 2.44. The van der Waals surface area contributed by atoms with Crippen molar-refractivity contribution in [3.63, 3.8) is 0 Å². The number of rotatable bonds is 58. The van der Waals surface area contributed by atoms with Crippen LogP contribution in [-0.4, -0.2) is 87.5 Å². The molecule has 1 rings (SSSR count). The predicted molar refractivity (Wildman–Crippen MR) is 350 cm³/mol. The minimum absolute atomic E-state index is 0.195. The van der Waals surface area contributed by atoms with E-state index in [-0.39, 0.29) is 12.5 Å². The number of aliphatic hydroxyl groups excluding tert-OH is 5. The third kappa shape index (κ3) is 49.1. The molecule has 1 aliphatic heterocycles. The summed E-state index contributed by atoms with van der Waals surface area (Å²) in [5.41, 5.74) is 0. The molecular formula is C73H127NO8. The van der Waals surface area contributed by atoms with E-state index in [2.05, 4.69) is 116 Å². The lowest BCUT2D eigenvalue weighted by molar-refractivity contribution is -0.302. The molecule has 1 heterocycles. The van der Waals surface area contributed by atoms with Crippen LogP contribution >= 0.6 is 0 Å². The quantitative estimate of drug-likeness (QED) is 0.0261. The second-order valence-corrected chi connectivity index (χ2v) is 23.2. The summed E-state index contributed by atoms with van der Waals surface area (Å²) >= 11 is 0. The number of allylic oxidation sites excluding steroid dienone is 17. The van der Waals surface area contributed by atoms with E-state index in [0.29, 0.717) is 6.42 Å². The average molecular weight is 1150 g/mol. The fourth-order valence-electron chi connectivity index (χ4n) is 10.3. The minimum atomic E-state index is -1.58. The number of nitrogens with one attached hydrogen (secondary N) is 1. The maximum absolute atomic E-state index is 13.1. The monoisotopic (exact) mass is 1150 g/mol. The summed E-state index contributed by atoms with van der Waals surface area (Å²) in [6.45, 7) is 3.67. The fraction of sp³-hybridized carbons (Fsp3) is 0.740. The van der Waals surface area contributed by atoms with E-state index < -0.39 is 49.5 Å². The van der Waals surface area contributed by atoms with Crippen LogP contribution in [0.5, 0.6) is 0 Å². The van der Waals surface area contributed by atoms with Gasteiger partial charge in [0.1, 0.15) is 24.4 Å². The average Bonchev–Trinajstić information content (AvgIpc) is 3.52. The summed E-state index contributed by atoms with van der Waals surface area (Å²) < 4.78 is 11.3. The number of amides is 1.